The Morgan fingerprint density at radius 2 is 1.88 bits per heavy atom. The summed E-state index contributed by atoms with van der Waals surface area (Å²) in [5.74, 6) is 1.08. The number of nitriles is 1. The highest BCUT2D eigenvalue weighted by atomic mass is 16.5. The first-order valence-corrected chi connectivity index (χ1v) is 4.61. The maximum absolute atomic E-state index is 9.04. The number of nitrogens with zero attached hydrogens (tertiary/aromatic N) is 2. The molecule has 0 bridgehead atoms. The molecule has 1 N–H and O–H groups in total. The molecule has 0 aliphatic rings. The molecule has 0 fully saturated rings. The van der Waals surface area contributed by atoms with Crippen LogP contribution in [0.15, 0.2) is 42.6 Å². The first-order chi connectivity index (χ1) is 7.78. The summed E-state index contributed by atoms with van der Waals surface area (Å²) in [6, 6.07) is 11.8. The second-order valence-electron chi connectivity index (χ2n) is 3.09. The number of aromatic nitrogens is 1. The molecule has 2 rings (SSSR count). The van der Waals surface area contributed by atoms with Crippen LogP contribution in [0, 0.1) is 11.3 Å². The fourth-order valence-electron chi connectivity index (χ4n) is 1.15. The lowest BCUT2D eigenvalue weighted by atomic mass is 10.2. The average Bonchev–Trinajstić information content (AvgIpc) is 2.33. The van der Waals surface area contributed by atoms with Crippen molar-refractivity contribution in [1.29, 1.82) is 5.26 Å². The quantitative estimate of drug-likeness (QED) is 0.830. The monoisotopic (exact) mass is 212 g/mol. The van der Waals surface area contributed by atoms with Crippen LogP contribution in [0.2, 0.25) is 0 Å². The molecule has 0 unspecified atom stereocenters. The largest absolute Gasteiger partial charge is 0.506 e. The normalized spacial score (nSPS) is 9.44. The van der Waals surface area contributed by atoms with Gasteiger partial charge in [-0.25, -0.2) is 4.98 Å². The standard InChI is InChI=1S/C12H8N2O2/c13-7-9-1-4-11(5-2-9)16-12-6-3-10(15)8-14-12/h1-6,8,15H. The van der Waals surface area contributed by atoms with Gasteiger partial charge in [0.25, 0.3) is 0 Å². The molecular weight excluding hydrogens is 204 g/mol. The van der Waals surface area contributed by atoms with Crippen LogP contribution in [0.25, 0.3) is 0 Å². The number of aromatic hydroxyl groups is 1. The molecule has 4 nitrogen and oxygen atoms in total. The van der Waals surface area contributed by atoms with E-state index in [-0.39, 0.29) is 5.75 Å². The van der Waals surface area contributed by atoms with Crippen LogP contribution in [-0.2, 0) is 0 Å². The molecular formula is C12H8N2O2. The van der Waals surface area contributed by atoms with Gasteiger partial charge in [-0.2, -0.15) is 5.26 Å². The zero-order chi connectivity index (χ0) is 11.4. The third kappa shape index (κ3) is 2.28. The molecule has 0 spiro atoms. The van der Waals surface area contributed by atoms with Crippen molar-refractivity contribution >= 4 is 0 Å². The van der Waals surface area contributed by atoms with Crippen molar-refractivity contribution in [3.63, 3.8) is 0 Å². The van der Waals surface area contributed by atoms with E-state index in [0.717, 1.165) is 0 Å². The van der Waals surface area contributed by atoms with Gasteiger partial charge in [-0.1, -0.05) is 0 Å². The van der Waals surface area contributed by atoms with Gasteiger partial charge < -0.3 is 9.84 Å². The minimum atomic E-state index is 0.0900. The summed E-state index contributed by atoms with van der Waals surface area (Å²) >= 11 is 0. The van der Waals surface area contributed by atoms with Crippen molar-refractivity contribution in [2.24, 2.45) is 0 Å². The first-order valence-electron chi connectivity index (χ1n) is 4.61. The van der Waals surface area contributed by atoms with E-state index in [0.29, 0.717) is 17.2 Å². The predicted octanol–water partition coefficient (Wildman–Crippen LogP) is 2.45. The number of pyridine rings is 1. The van der Waals surface area contributed by atoms with Gasteiger partial charge in [0.05, 0.1) is 17.8 Å². The molecule has 0 aliphatic carbocycles. The van der Waals surface area contributed by atoms with Crippen LogP contribution in [0.4, 0.5) is 0 Å². The number of ether oxygens (including phenoxy) is 1. The molecule has 0 saturated carbocycles. The van der Waals surface area contributed by atoms with Crippen molar-refractivity contribution < 1.29 is 9.84 Å². The van der Waals surface area contributed by atoms with Gasteiger partial charge in [0.1, 0.15) is 11.5 Å². The maximum Gasteiger partial charge on any atom is 0.219 e. The summed E-state index contributed by atoms with van der Waals surface area (Å²) in [4.78, 5) is 3.88. The Balaban J connectivity index is 2.15. The van der Waals surface area contributed by atoms with Crippen LogP contribution >= 0.6 is 0 Å². The minimum absolute atomic E-state index is 0.0900. The van der Waals surface area contributed by atoms with E-state index in [1.165, 1.54) is 12.3 Å². The SMILES string of the molecule is N#Cc1ccc(Oc2ccc(O)cn2)cc1. The summed E-state index contributed by atoms with van der Waals surface area (Å²) in [6.07, 6.45) is 1.30. The van der Waals surface area contributed by atoms with E-state index in [1.807, 2.05) is 6.07 Å². The molecule has 1 heterocycles. The summed E-state index contributed by atoms with van der Waals surface area (Å²) in [6.45, 7) is 0. The van der Waals surface area contributed by atoms with Crippen molar-refractivity contribution in [2.45, 2.75) is 0 Å². The van der Waals surface area contributed by atoms with Gasteiger partial charge >= 0.3 is 0 Å². The van der Waals surface area contributed by atoms with Crippen molar-refractivity contribution in [3.8, 4) is 23.4 Å². The Kier molecular flexibility index (Phi) is 2.70. The highest BCUT2D eigenvalue weighted by Gasteiger charge is 1.98. The highest BCUT2D eigenvalue weighted by molar-refractivity contribution is 5.36. The number of hydrogen-bond acceptors (Lipinski definition) is 4. The number of rotatable bonds is 2. The van der Waals surface area contributed by atoms with Gasteiger partial charge in [0.15, 0.2) is 0 Å². The van der Waals surface area contributed by atoms with Gasteiger partial charge in [0.2, 0.25) is 5.88 Å². The third-order valence-electron chi connectivity index (χ3n) is 1.93. The molecule has 4 heteroatoms. The number of benzene rings is 1. The molecule has 0 saturated heterocycles. The highest BCUT2D eigenvalue weighted by Crippen LogP contribution is 2.20. The first kappa shape index (κ1) is 9.99. The molecule has 0 aliphatic heterocycles. The summed E-state index contributed by atoms with van der Waals surface area (Å²) in [5.41, 5.74) is 0.575. The summed E-state index contributed by atoms with van der Waals surface area (Å²) < 4.78 is 5.40. The van der Waals surface area contributed by atoms with Crippen LogP contribution in [0.5, 0.6) is 17.4 Å². The topological polar surface area (TPSA) is 66.1 Å². The smallest absolute Gasteiger partial charge is 0.219 e. The molecule has 2 aromatic rings. The van der Waals surface area contributed by atoms with Crippen LogP contribution in [-0.4, -0.2) is 10.1 Å². The van der Waals surface area contributed by atoms with Gasteiger partial charge in [-0.05, 0) is 30.3 Å². The average molecular weight is 212 g/mol. The lowest BCUT2D eigenvalue weighted by Gasteiger charge is -2.03. The Morgan fingerprint density at radius 1 is 1.12 bits per heavy atom. The van der Waals surface area contributed by atoms with E-state index in [2.05, 4.69) is 4.98 Å². The van der Waals surface area contributed by atoms with E-state index in [9.17, 15) is 0 Å². The van der Waals surface area contributed by atoms with Crippen molar-refractivity contribution in [2.75, 3.05) is 0 Å². The van der Waals surface area contributed by atoms with Crippen LogP contribution in [0.1, 0.15) is 5.56 Å². The van der Waals surface area contributed by atoms with Crippen molar-refractivity contribution in [1.82, 2.24) is 4.98 Å². The third-order valence-corrected chi connectivity index (χ3v) is 1.93. The Hall–Kier alpha value is -2.54. The molecule has 78 valence electrons. The van der Waals surface area contributed by atoms with E-state index < -0.39 is 0 Å². The molecule has 0 atom stereocenters. The fraction of sp³-hybridized carbons (Fsp3) is 0. The van der Waals surface area contributed by atoms with Crippen molar-refractivity contribution in [3.05, 3.63) is 48.2 Å². The van der Waals surface area contributed by atoms with Crippen LogP contribution in [0.3, 0.4) is 0 Å². The lowest BCUT2D eigenvalue weighted by molar-refractivity contribution is 0.447. The zero-order valence-electron chi connectivity index (χ0n) is 8.29. The Morgan fingerprint density at radius 3 is 2.44 bits per heavy atom. The molecule has 1 aromatic carbocycles. The summed E-state index contributed by atoms with van der Waals surface area (Å²) in [5, 5.41) is 17.7. The predicted molar refractivity (Wildman–Crippen MR) is 57.1 cm³/mol. The number of hydrogen-bond donors (Lipinski definition) is 1. The maximum atomic E-state index is 9.04. The van der Waals surface area contributed by atoms with Gasteiger partial charge in [0, 0.05) is 6.07 Å². The molecule has 1 aromatic heterocycles. The molecule has 16 heavy (non-hydrogen) atoms. The van der Waals surface area contributed by atoms with E-state index >= 15 is 0 Å². The molecule has 0 amide bonds. The van der Waals surface area contributed by atoms with Gasteiger partial charge in [-0.3, -0.25) is 0 Å². The summed E-state index contributed by atoms with van der Waals surface area (Å²) in [7, 11) is 0. The lowest BCUT2D eigenvalue weighted by Crippen LogP contribution is -1.86. The van der Waals surface area contributed by atoms with E-state index in [4.69, 9.17) is 15.1 Å². The zero-order valence-corrected chi connectivity index (χ0v) is 8.29. The fourth-order valence-corrected chi connectivity index (χ4v) is 1.15. The second kappa shape index (κ2) is 4.32. The molecule has 0 radical (unpaired) electrons. The minimum Gasteiger partial charge on any atom is -0.506 e. The Labute approximate surface area is 92.4 Å². The van der Waals surface area contributed by atoms with E-state index in [1.54, 1.807) is 30.3 Å². The van der Waals surface area contributed by atoms with Gasteiger partial charge in [-0.15, -0.1) is 0 Å². The Bertz CT molecular complexity index is 512. The second-order valence-corrected chi connectivity index (χ2v) is 3.09. The van der Waals surface area contributed by atoms with Crippen LogP contribution < -0.4 is 4.74 Å².